The number of nitrogens with one attached hydrogen (secondary N) is 1. The summed E-state index contributed by atoms with van der Waals surface area (Å²) < 4.78 is 1.38. The van der Waals surface area contributed by atoms with Crippen molar-refractivity contribution in [1.82, 2.24) is 9.78 Å². The summed E-state index contributed by atoms with van der Waals surface area (Å²) in [6.07, 6.45) is 1.45. The molecule has 0 aliphatic carbocycles. The van der Waals surface area contributed by atoms with Gasteiger partial charge in [0.05, 0.1) is 15.5 Å². The van der Waals surface area contributed by atoms with Gasteiger partial charge in [-0.15, -0.1) is 0 Å². The second-order valence-corrected chi connectivity index (χ2v) is 4.46. The normalized spacial score (nSPS) is 9.95. The maximum absolute atomic E-state index is 12.1. The number of aromatic nitrogens is 2. The Hall–Kier alpha value is -2.92. The molecule has 0 saturated heterocycles. The van der Waals surface area contributed by atoms with Gasteiger partial charge >= 0.3 is 0 Å². The summed E-state index contributed by atoms with van der Waals surface area (Å²) in [4.78, 5) is 22.1. The van der Waals surface area contributed by atoms with Crippen LogP contribution in [0.3, 0.4) is 0 Å². The highest BCUT2D eigenvalue weighted by Crippen LogP contribution is 2.23. The van der Waals surface area contributed by atoms with Gasteiger partial charge in [0.15, 0.2) is 5.82 Å². The summed E-state index contributed by atoms with van der Waals surface area (Å²) in [6.45, 7) is 0. The molecule has 2 rings (SSSR count). The van der Waals surface area contributed by atoms with E-state index in [0.717, 1.165) is 6.07 Å². The van der Waals surface area contributed by atoms with Crippen LogP contribution in [-0.4, -0.2) is 20.6 Å². The minimum absolute atomic E-state index is 0.0526. The molecule has 1 N–H and O–H groups in total. The summed E-state index contributed by atoms with van der Waals surface area (Å²) in [5, 5.41) is 25.8. The number of halogens is 1. The van der Waals surface area contributed by atoms with Gasteiger partial charge in [0.25, 0.3) is 11.6 Å². The molecule has 0 spiro atoms. The van der Waals surface area contributed by atoms with Crippen LogP contribution in [0.15, 0.2) is 24.4 Å². The first kappa shape index (κ1) is 14.5. The number of carbonyl (C=O) groups excluding carboxylic acids is 1. The minimum atomic E-state index is -0.611. The van der Waals surface area contributed by atoms with Crippen LogP contribution in [0.2, 0.25) is 5.02 Å². The average molecular weight is 306 g/mol. The average Bonchev–Trinajstić information content (AvgIpc) is 2.78. The molecule has 0 fully saturated rings. The number of benzene rings is 1. The number of rotatable bonds is 3. The minimum Gasteiger partial charge on any atom is -0.304 e. The number of aryl methyl sites for hydroxylation is 1. The third-order valence-corrected chi connectivity index (χ3v) is 2.90. The van der Waals surface area contributed by atoms with Crippen LogP contribution >= 0.6 is 11.6 Å². The quantitative estimate of drug-likeness (QED) is 0.689. The van der Waals surface area contributed by atoms with Gasteiger partial charge in [0, 0.05) is 25.4 Å². The fraction of sp³-hybridized carbons (Fsp3) is 0.0833. The van der Waals surface area contributed by atoms with Gasteiger partial charge in [-0.1, -0.05) is 11.6 Å². The van der Waals surface area contributed by atoms with E-state index in [4.69, 9.17) is 16.9 Å². The first-order chi connectivity index (χ1) is 9.92. The number of amides is 1. The number of nitriles is 1. The summed E-state index contributed by atoms with van der Waals surface area (Å²) in [6, 6.07) is 5.39. The van der Waals surface area contributed by atoms with Gasteiger partial charge in [0.1, 0.15) is 11.6 Å². The zero-order valence-corrected chi connectivity index (χ0v) is 11.5. The van der Waals surface area contributed by atoms with Crippen molar-refractivity contribution in [2.45, 2.75) is 0 Å². The van der Waals surface area contributed by atoms with Gasteiger partial charge in [-0.3, -0.25) is 19.6 Å². The molecular formula is C12H8ClN5O3. The van der Waals surface area contributed by atoms with Crippen LogP contribution in [0.1, 0.15) is 15.9 Å². The Bertz CT molecular complexity index is 778. The van der Waals surface area contributed by atoms with Crippen molar-refractivity contribution in [1.29, 1.82) is 5.26 Å². The molecule has 21 heavy (non-hydrogen) atoms. The van der Waals surface area contributed by atoms with Crippen molar-refractivity contribution in [3.8, 4) is 6.07 Å². The van der Waals surface area contributed by atoms with Crippen LogP contribution in [-0.2, 0) is 7.05 Å². The number of non-ortho nitro benzene ring substituents is 1. The zero-order chi connectivity index (χ0) is 15.6. The topological polar surface area (TPSA) is 114 Å². The summed E-state index contributed by atoms with van der Waals surface area (Å²) >= 11 is 5.86. The van der Waals surface area contributed by atoms with Crippen molar-refractivity contribution in [3.63, 3.8) is 0 Å². The maximum atomic E-state index is 12.1. The molecule has 1 amide bonds. The van der Waals surface area contributed by atoms with E-state index in [1.165, 1.54) is 23.0 Å². The molecule has 9 heteroatoms. The predicted molar refractivity (Wildman–Crippen MR) is 74.0 cm³/mol. The molecule has 0 aliphatic rings. The van der Waals surface area contributed by atoms with E-state index in [-0.39, 0.29) is 27.7 Å². The van der Waals surface area contributed by atoms with E-state index >= 15 is 0 Å². The third-order valence-electron chi connectivity index (χ3n) is 2.59. The zero-order valence-electron chi connectivity index (χ0n) is 10.7. The molecule has 0 bridgehead atoms. The molecule has 0 radical (unpaired) electrons. The number of hydrogen-bond donors (Lipinski definition) is 1. The Morgan fingerprint density at radius 2 is 2.29 bits per heavy atom. The van der Waals surface area contributed by atoms with Crippen molar-refractivity contribution in [3.05, 3.63) is 50.7 Å². The predicted octanol–water partition coefficient (Wildman–Crippen LogP) is 2.11. The van der Waals surface area contributed by atoms with Gasteiger partial charge in [0.2, 0.25) is 0 Å². The lowest BCUT2D eigenvalue weighted by molar-refractivity contribution is -0.384. The second kappa shape index (κ2) is 5.60. The Labute approximate surface area is 123 Å². The van der Waals surface area contributed by atoms with E-state index < -0.39 is 10.8 Å². The Balaban J connectivity index is 2.29. The van der Waals surface area contributed by atoms with E-state index in [1.807, 2.05) is 6.07 Å². The number of carbonyl (C=O) groups is 1. The summed E-state index contributed by atoms with van der Waals surface area (Å²) in [7, 11) is 1.61. The summed E-state index contributed by atoms with van der Waals surface area (Å²) in [5.74, 6) is -0.510. The lowest BCUT2D eigenvalue weighted by Crippen LogP contribution is -2.14. The van der Waals surface area contributed by atoms with Crippen molar-refractivity contribution < 1.29 is 9.72 Å². The van der Waals surface area contributed by atoms with E-state index in [0.29, 0.717) is 0 Å². The molecule has 1 aromatic heterocycles. The fourth-order valence-corrected chi connectivity index (χ4v) is 1.90. The number of nitro groups is 1. The highest BCUT2D eigenvalue weighted by Gasteiger charge is 2.17. The first-order valence-electron chi connectivity index (χ1n) is 5.61. The number of hydrogen-bond acceptors (Lipinski definition) is 5. The van der Waals surface area contributed by atoms with E-state index in [2.05, 4.69) is 10.4 Å². The number of nitrogens with zero attached hydrogens (tertiary/aromatic N) is 4. The number of nitro benzene ring substituents is 1. The standard InChI is InChI=1S/C12H8ClN5O3/c1-17-6-7(5-14)11(16-17)15-12(19)9-3-2-8(18(20)21)4-10(9)13/h2-4,6H,1H3,(H,15,16,19). The fourth-order valence-electron chi connectivity index (χ4n) is 1.64. The van der Waals surface area contributed by atoms with E-state index in [1.54, 1.807) is 7.05 Å². The largest absolute Gasteiger partial charge is 0.304 e. The highest BCUT2D eigenvalue weighted by atomic mass is 35.5. The van der Waals surface area contributed by atoms with Crippen LogP contribution in [0.5, 0.6) is 0 Å². The molecule has 2 aromatic rings. The maximum Gasteiger partial charge on any atom is 0.270 e. The van der Waals surface area contributed by atoms with Crippen molar-refractivity contribution in [2.24, 2.45) is 7.05 Å². The van der Waals surface area contributed by atoms with Gasteiger partial charge in [-0.25, -0.2) is 0 Å². The van der Waals surface area contributed by atoms with Crippen LogP contribution in [0, 0.1) is 21.4 Å². The molecule has 1 aromatic carbocycles. The smallest absolute Gasteiger partial charge is 0.270 e. The van der Waals surface area contributed by atoms with Crippen LogP contribution in [0.25, 0.3) is 0 Å². The Morgan fingerprint density at radius 3 is 2.86 bits per heavy atom. The van der Waals surface area contributed by atoms with Crippen LogP contribution < -0.4 is 5.32 Å². The molecule has 0 unspecified atom stereocenters. The monoisotopic (exact) mass is 305 g/mol. The van der Waals surface area contributed by atoms with Crippen LogP contribution in [0.4, 0.5) is 11.5 Å². The molecule has 1 heterocycles. The molecule has 0 saturated carbocycles. The Kier molecular flexibility index (Phi) is 3.86. The highest BCUT2D eigenvalue weighted by molar-refractivity contribution is 6.34. The van der Waals surface area contributed by atoms with Crippen molar-refractivity contribution in [2.75, 3.05) is 5.32 Å². The lowest BCUT2D eigenvalue weighted by atomic mass is 10.2. The van der Waals surface area contributed by atoms with Gasteiger partial charge in [-0.2, -0.15) is 10.4 Å². The summed E-state index contributed by atoms with van der Waals surface area (Å²) in [5.41, 5.74) is 0.0350. The first-order valence-corrected chi connectivity index (χ1v) is 5.99. The molecule has 106 valence electrons. The lowest BCUT2D eigenvalue weighted by Gasteiger charge is -2.04. The van der Waals surface area contributed by atoms with Crippen molar-refractivity contribution >= 4 is 29.0 Å². The molecule has 8 nitrogen and oxygen atoms in total. The van der Waals surface area contributed by atoms with E-state index in [9.17, 15) is 14.9 Å². The number of anilines is 1. The molecule has 0 aliphatic heterocycles. The van der Waals surface area contributed by atoms with Gasteiger partial charge < -0.3 is 5.32 Å². The second-order valence-electron chi connectivity index (χ2n) is 4.05. The van der Waals surface area contributed by atoms with Gasteiger partial charge in [-0.05, 0) is 6.07 Å². The Morgan fingerprint density at radius 1 is 1.57 bits per heavy atom. The third kappa shape index (κ3) is 2.98. The SMILES string of the molecule is Cn1cc(C#N)c(NC(=O)c2ccc([N+](=O)[O-])cc2Cl)n1. The molecule has 0 atom stereocenters. The molecular weight excluding hydrogens is 298 g/mol.